The van der Waals surface area contributed by atoms with Crippen molar-refractivity contribution in [2.75, 3.05) is 13.6 Å². The molecule has 0 spiro atoms. The highest BCUT2D eigenvalue weighted by Crippen LogP contribution is 2.39. The molecule has 2 nitrogen and oxygen atoms in total. The van der Waals surface area contributed by atoms with Crippen LogP contribution in [0.15, 0.2) is 18.2 Å². The summed E-state index contributed by atoms with van der Waals surface area (Å²) in [5, 5.41) is 0. The van der Waals surface area contributed by atoms with Crippen LogP contribution < -0.4 is 5.73 Å². The van der Waals surface area contributed by atoms with E-state index in [2.05, 4.69) is 30.1 Å². The summed E-state index contributed by atoms with van der Waals surface area (Å²) in [5.74, 6) is 0. The number of rotatable bonds is 1. The first-order valence-corrected chi connectivity index (χ1v) is 6.78. The first kappa shape index (κ1) is 11.2. The lowest BCUT2D eigenvalue weighted by Gasteiger charge is -2.33. The Hall–Kier alpha value is -0.860. The van der Waals surface area contributed by atoms with Crippen LogP contribution in [0, 0.1) is 0 Å². The fraction of sp³-hybridized carbons (Fsp3) is 0.600. The van der Waals surface area contributed by atoms with E-state index < -0.39 is 0 Å². The average molecular weight is 230 g/mol. The Balaban J connectivity index is 2.05. The van der Waals surface area contributed by atoms with E-state index in [1.54, 1.807) is 0 Å². The minimum Gasteiger partial charge on any atom is -0.321 e. The molecule has 2 N–H and O–H groups in total. The maximum absolute atomic E-state index is 6.63. The van der Waals surface area contributed by atoms with Gasteiger partial charge in [0.2, 0.25) is 0 Å². The van der Waals surface area contributed by atoms with Crippen LogP contribution in [-0.2, 0) is 18.5 Å². The maximum Gasteiger partial charge on any atom is 0.0413 e. The first-order valence-electron chi connectivity index (χ1n) is 6.78. The molecule has 1 aromatic rings. The van der Waals surface area contributed by atoms with Gasteiger partial charge in [0.25, 0.3) is 0 Å². The molecule has 1 aliphatic carbocycles. The highest BCUT2D eigenvalue weighted by molar-refractivity contribution is 5.41. The molecule has 0 bridgehead atoms. The number of fused-ring (bicyclic) bond motifs is 1. The molecule has 2 heteroatoms. The lowest BCUT2D eigenvalue weighted by atomic mass is 9.82. The Morgan fingerprint density at radius 2 is 2.00 bits per heavy atom. The second kappa shape index (κ2) is 4.11. The molecule has 1 aliphatic heterocycles. The molecule has 0 radical (unpaired) electrons. The van der Waals surface area contributed by atoms with Crippen molar-refractivity contribution >= 4 is 0 Å². The van der Waals surface area contributed by atoms with Gasteiger partial charge in [-0.15, -0.1) is 0 Å². The normalized spacial score (nSPS) is 23.6. The molecule has 3 rings (SSSR count). The van der Waals surface area contributed by atoms with Gasteiger partial charge in [0, 0.05) is 18.6 Å². The molecule has 0 unspecified atom stereocenters. The molecule has 0 amide bonds. The van der Waals surface area contributed by atoms with E-state index >= 15 is 0 Å². The van der Waals surface area contributed by atoms with Gasteiger partial charge in [0.05, 0.1) is 0 Å². The summed E-state index contributed by atoms with van der Waals surface area (Å²) in [6.07, 6.45) is 6.07. The van der Waals surface area contributed by atoms with Gasteiger partial charge < -0.3 is 10.6 Å². The van der Waals surface area contributed by atoms with Crippen LogP contribution in [0.4, 0.5) is 0 Å². The fourth-order valence-electron chi connectivity index (χ4n) is 3.46. The van der Waals surface area contributed by atoms with E-state index in [-0.39, 0.29) is 5.54 Å². The van der Waals surface area contributed by atoms with Crippen molar-refractivity contribution in [1.29, 1.82) is 0 Å². The zero-order valence-electron chi connectivity index (χ0n) is 10.7. The monoisotopic (exact) mass is 230 g/mol. The van der Waals surface area contributed by atoms with Crippen LogP contribution >= 0.6 is 0 Å². The largest absolute Gasteiger partial charge is 0.321 e. The minimum atomic E-state index is -0.0382. The molecule has 0 aromatic heterocycles. The molecule has 2 aliphatic rings. The smallest absolute Gasteiger partial charge is 0.0413 e. The lowest BCUT2D eigenvalue weighted by molar-refractivity contribution is 0.306. The maximum atomic E-state index is 6.63. The van der Waals surface area contributed by atoms with Crippen LogP contribution in [0.3, 0.4) is 0 Å². The molecule has 92 valence electrons. The van der Waals surface area contributed by atoms with Crippen LogP contribution in [0.1, 0.15) is 42.4 Å². The van der Waals surface area contributed by atoms with Crippen molar-refractivity contribution in [3.63, 3.8) is 0 Å². The summed E-state index contributed by atoms with van der Waals surface area (Å²) in [7, 11) is 2.21. The van der Waals surface area contributed by atoms with E-state index in [0.29, 0.717) is 0 Å². The van der Waals surface area contributed by atoms with Crippen LogP contribution in [0.5, 0.6) is 0 Å². The molecule has 1 fully saturated rings. The molecular formula is C15H22N2. The third-order valence-corrected chi connectivity index (χ3v) is 4.50. The number of likely N-dealkylation sites (N-methyl/N-ethyl adjacent to an activating group) is 1. The van der Waals surface area contributed by atoms with E-state index in [1.165, 1.54) is 42.5 Å². The molecule has 17 heavy (non-hydrogen) atoms. The topological polar surface area (TPSA) is 29.3 Å². The number of benzene rings is 1. The van der Waals surface area contributed by atoms with Gasteiger partial charge in [-0.3, -0.25) is 0 Å². The Kier molecular flexibility index (Phi) is 2.72. The Labute approximate surface area is 104 Å². The summed E-state index contributed by atoms with van der Waals surface area (Å²) < 4.78 is 0. The zero-order valence-corrected chi connectivity index (χ0v) is 10.7. The van der Waals surface area contributed by atoms with E-state index in [0.717, 1.165) is 19.4 Å². The third-order valence-electron chi connectivity index (χ3n) is 4.50. The molecule has 1 heterocycles. The Bertz CT molecular complexity index is 419. The second-order valence-electron chi connectivity index (χ2n) is 5.79. The van der Waals surface area contributed by atoms with Crippen molar-refractivity contribution in [3.8, 4) is 0 Å². The number of hydrogen-bond acceptors (Lipinski definition) is 2. The highest BCUT2D eigenvalue weighted by Gasteiger charge is 2.34. The number of hydrogen-bond donors (Lipinski definition) is 1. The first-order chi connectivity index (χ1) is 8.19. The van der Waals surface area contributed by atoms with Crippen molar-refractivity contribution in [3.05, 3.63) is 34.9 Å². The average Bonchev–Trinajstić information content (AvgIpc) is 2.76. The van der Waals surface area contributed by atoms with Gasteiger partial charge in [0.1, 0.15) is 0 Å². The van der Waals surface area contributed by atoms with Crippen molar-refractivity contribution in [2.24, 2.45) is 5.73 Å². The van der Waals surface area contributed by atoms with Gasteiger partial charge >= 0.3 is 0 Å². The van der Waals surface area contributed by atoms with Gasteiger partial charge in [-0.05, 0) is 43.0 Å². The summed E-state index contributed by atoms with van der Waals surface area (Å²) in [6.45, 7) is 2.25. The predicted octanol–water partition coefficient (Wildman–Crippen LogP) is 2.40. The zero-order chi connectivity index (χ0) is 11.9. The summed E-state index contributed by atoms with van der Waals surface area (Å²) in [6, 6.07) is 6.75. The van der Waals surface area contributed by atoms with Crippen molar-refractivity contribution in [2.45, 2.75) is 44.2 Å². The standard InChI is InChI=1S/C15H22N2/c1-17-10-7-12-5-4-6-14(13(12)11-17)15(16)8-2-3-9-15/h4-6H,2-3,7-11,16H2,1H3. The van der Waals surface area contributed by atoms with E-state index in [1.807, 2.05) is 0 Å². The summed E-state index contributed by atoms with van der Waals surface area (Å²) >= 11 is 0. The highest BCUT2D eigenvalue weighted by atomic mass is 15.1. The fourth-order valence-corrected chi connectivity index (χ4v) is 3.46. The van der Waals surface area contributed by atoms with Crippen molar-refractivity contribution in [1.82, 2.24) is 4.90 Å². The third kappa shape index (κ3) is 1.90. The number of nitrogens with two attached hydrogens (primary N) is 1. The van der Waals surface area contributed by atoms with Crippen LogP contribution in [-0.4, -0.2) is 18.5 Å². The van der Waals surface area contributed by atoms with Crippen molar-refractivity contribution < 1.29 is 0 Å². The molecule has 1 saturated carbocycles. The predicted molar refractivity (Wildman–Crippen MR) is 70.8 cm³/mol. The molecule has 0 atom stereocenters. The molecule has 1 aromatic carbocycles. The lowest BCUT2D eigenvalue weighted by Crippen LogP contribution is -2.37. The van der Waals surface area contributed by atoms with Crippen LogP contribution in [0.25, 0.3) is 0 Å². The molecule has 0 saturated heterocycles. The SMILES string of the molecule is CN1CCc2cccc(C3(N)CCCC3)c2C1. The van der Waals surface area contributed by atoms with Gasteiger partial charge in [-0.2, -0.15) is 0 Å². The van der Waals surface area contributed by atoms with E-state index in [9.17, 15) is 0 Å². The second-order valence-corrected chi connectivity index (χ2v) is 5.79. The van der Waals surface area contributed by atoms with E-state index in [4.69, 9.17) is 5.73 Å². The summed E-state index contributed by atoms with van der Waals surface area (Å²) in [4.78, 5) is 2.41. The van der Waals surface area contributed by atoms with Gasteiger partial charge in [-0.1, -0.05) is 31.0 Å². The van der Waals surface area contributed by atoms with Gasteiger partial charge in [0.15, 0.2) is 0 Å². The Morgan fingerprint density at radius 3 is 2.76 bits per heavy atom. The summed E-state index contributed by atoms with van der Waals surface area (Å²) in [5.41, 5.74) is 11.1. The molecular weight excluding hydrogens is 208 g/mol. The Morgan fingerprint density at radius 1 is 1.24 bits per heavy atom. The van der Waals surface area contributed by atoms with Gasteiger partial charge in [-0.25, -0.2) is 0 Å². The quantitative estimate of drug-likeness (QED) is 0.802. The van der Waals surface area contributed by atoms with Crippen LogP contribution in [0.2, 0.25) is 0 Å². The minimum absolute atomic E-state index is 0.0382. The number of nitrogens with zero attached hydrogens (tertiary/aromatic N) is 1.